The number of aldehydes is 1. The molecule has 0 spiro atoms. The molecule has 0 unspecified atom stereocenters. The normalized spacial score (nSPS) is 16.1. The summed E-state index contributed by atoms with van der Waals surface area (Å²) in [7, 11) is 0. The molecule has 1 aliphatic heterocycles. The van der Waals surface area contributed by atoms with Crippen molar-refractivity contribution in [3.63, 3.8) is 0 Å². The lowest BCUT2D eigenvalue weighted by Gasteiger charge is -2.31. The van der Waals surface area contributed by atoms with Crippen LogP contribution >= 0.6 is 0 Å². The van der Waals surface area contributed by atoms with Gasteiger partial charge in [0.15, 0.2) is 6.29 Å². The topological polar surface area (TPSA) is 63.9 Å². The van der Waals surface area contributed by atoms with Crippen LogP contribution in [-0.4, -0.2) is 39.4 Å². The highest BCUT2D eigenvalue weighted by Gasteiger charge is 2.19. The first kappa shape index (κ1) is 15.6. The fourth-order valence-corrected chi connectivity index (χ4v) is 3.04. The highest BCUT2D eigenvalue weighted by molar-refractivity contribution is 5.73. The number of piperidine rings is 1. The average molecular weight is 313 g/mol. The van der Waals surface area contributed by atoms with E-state index in [0.717, 1.165) is 42.5 Å². The predicted molar refractivity (Wildman–Crippen MR) is 89.2 cm³/mol. The first-order chi connectivity index (χ1) is 11.1. The molecular weight excluding hydrogens is 290 g/mol. The van der Waals surface area contributed by atoms with E-state index in [2.05, 4.69) is 27.1 Å². The molecule has 0 radical (unpaired) electrons. The molecule has 3 rings (SSSR count). The van der Waals surface area contributed by atoms with Crippen molar-refractivity contribution in [2.45, 2.75) is 39.5 Å². The molecule has 2 aromatic heterocycles. The van der Waals surface area contributed by atoms with Gasteiger partial charge in [-0.15, -0.1) is 5.10 Å². The molecule has 0 atom stereocenters. The van der Waals surface area contributed by atoms with Crippen LogP contribution in [0.5, 0.6) is 0 Å². The number of anilines is 1. The molecule has 0 aromatic carbocycles. The van der Waals surface area contributed by atoms with Crippen molar-refractivity contribution in [1.82, 2.24) is 20.0 Å². The van der Waals surface area contributed by atoms with Gasteiger partial charge in [-0.25, -0.2) is 9.67 Å². The molecule has 3 heterocycles. The van der Waals surface area contributed by atoms with Crippen molar-refractivity contribution in [2.75, 3.05) is 18.0 Å². The molecule has 6 nitrogen and oxygen atoms in total. The highest BCUT2D eigenvalue weighted by atomic mass is 16.1. The number of aromatic nitrogens is 4. The Kier molecular flexibility index (Phi) is 4.41. The van der Waals surface area contributed by atoms with Gasteiger partial charge in [-0.2, -0.15) is 0 Å². The van der Waals surface area contributed by atoms with Gasteiger partial charge in [0.05, 0.1) is 17.6 Å². The zero-order valence-electron chi connectivity index (χ0n) is 13.9. The van der Waals surface area contributed by atoms with Gasteiger partial charge in [0.1, 0.15) is 11.5 Å². The van der Waals surface area contributed by atoms with Crippen molar-refractivity contribution in [3.05, 3.63) is 29.7 Å². The summed E-state index contributed by atoms with van der Waals surface area (Å²) >= 11 is 0. The Balaban J connectivity index is 1.85. The number of hydrogen-bond acceptors (Lipinski definition) is 5. The molecule has 1 aliphatic rings. The largest absolute Gasteiger partial charge is 0.357 e. The van der Waals surface area contributed by atoms with Crippen LogP contribution in [0.15, 0.2) is 18.3 Å². The van der Waals surface area contributed by atoms with E-state index in [4.69, 9.17) is 0 Å². The smallest absolute Gasteiger partial charge is 0.172 e. The van der Waals surface area contributed by atoms with Gasteiger partial charge in [0.2, 0.25) is 0 Å². The summed E-state index contributed by atoms with van der Waals surface area (Å²) in [6.07, 6.45) is 5.00. The Bertz CT molecular complexity index is 669. The van der Waals surface area contributed by atoms with Crippen LogP contribution in [0.1, 0.15) is 55.7 Å². The lowest BCUT2D eigenvalue weighted by atomic mass is 9.99. The third-order valence-corrected chi connectivity index (χ3v) is 4.48. The van der Waals surface area contributed by atoms with Gasteiger partial charge in [-0.3, -0.25) is 4.79 Å². The third kappa shape index (κ3) is 3.11. The summed E-state index contributed by atoms with van der Waals surface area (Å²) in [5.74, 6) is 1.96. The molecule has 1 fully saturated rings. The molecule has 0 amide bonds. The van der Waals surface area contributed by atoms with E-state index in [1.807, 2.05) is 32.2 Å². The zero-order chi connectivity index (χ0) is 16.4. The Morgan fingerprint density at radius 3 is 2.57 bits per heavy atom. The van der Waals surface area contributed by atoms with Crippen molar-refractivity contribution in [1.29, 1.82) is 0 Å². The van der Waals surface area contributed by atoms with Gasteiger partial charge < -0.3 is 4.90 Å². The van der Waals surface area contributed by atoms with E-state index in [1.54, 1.807) is 4.68 Å². The average Bonchev–Trinajstić information content (AvgIpc) is 3.00. The number of rotatable bonds is 4. The summed E-state index contributed by atoms with van der Waals surface area (Å²) < 4.78 is 1.71. The SMILES string of the molecule is CC1CCN(c2ccc(-n3nnc(C=O)c3C(C)C)cn2)CC1. The van der Waals surface area contributed by atoms with E-state index in [-0.39, 0.29) is 5.92 Å². The molecule has 2 aromatic rings. The first-order valence-electron chi connectivity index (χ1n) is 8.22. The summed E-state index contributed by atoms with van der Waals surface area (Å²) in [6, 6.07) is 4.02. The minimum Gasteiger partial charge on any atom is -0.357 e. The fourth-order valence-electron chi connectivity index (χ4n) is 3.04. The minimum absolute atomic E-state index is 0.161. The predicted octanol–water partition coefficient (Wildman–Crippen LogP) is 2.83. The maximum Gasteiger partial charge on any atom is 0.172 e. The lowest BCUT2D eigenvalue weighted by molar-refractivity contribution is 0.111. The summed E-state index contributed by atoms with van der Waals surface area (Å²) in [5, 5.41) is 8.07. The quantitative estimate of drug-likeness (QED) is 0.812. The van der Waals surface area contributed by atoms with E-state index in [1.165, 1.54) is 12.8 Å². The first-order valence-corrected chi connectivity index (χ1v) is 8.22. The van der Waals surface area contributed by atoms with Gasteiger partial charge in [-0.1, -0.05) is 26.0 Å². The Labute approximate surface area is 136 Å². The molecule has 0 saturated carbocycles. The molecule has 0 N–H and O–H groups in total. The van der Waals surface area contributed by atoms with Crippen LogP contribution in [0.4, 0.5) is 5.82 Å². The van der Waals surface area contributed by atoms with E-state index in [0.29, 0.717) is 5.69 Å². The van der Waals surface area contributed by atoms with Crippen LogP contribution in [-0.2, 0) is 0 Å². The van der Waals surface area contributed by atoms with E-state index in [9.17, 15) is 4.79 Å². The second kappa shape index (κ2) is 6.48. The molecule has 0 bridgehead atoms. The number of nitrogens with zero attached hydrogens (tertiary/aromatic N) is 5. The Morgan fingerprint density at radius 1 is 1.26 bits per heavy atom. The number of pyridine rings is 1. The lowest BCUT2D eigenvalue weighted by Crippen LogP contribution is -2.33. The van der Waals surface area contributed by atoms with Crippen LogP contribution in [0, 0.1) is 5.92 Å². The third-order valence-electron chi connectivity index (χ3n) is 4.48. The summed E-state index contributed by atoms with van der Waals surface area (Å²) in [5.41, 5.74) is 2.05. The van der Waals surface area contributed by atoms with E-state index < -0.39 is 0 Å². The van der Waals surface area contributed by atoms with Gasteiger partial charge in [-0.05, 0) is 36.8 Å². The number of carbonyl (C=O) groups excluding carboxylic acids is 1. The number of carbonyl (C=O) groups is 1. The summed E-state index contributed by atoms with van der Waals surface area (Å²) in [4.78, 5) is 18.0. The second-order valence-corrected chi connectivity index (χ2v) is 6.59. The van der Waals surface area contributed by atoms with Crippen molar-refractivity contribution in [3.8, 4) is 5.69 Å². The standard InChI is InChI=1S/C17H23N5O/c1-12(2)17-15(11-23)19-20-22(17)14-4-5-16(18-10-14)21-8-6-13(3)7-9-21/h4-5,10-13H,6-9H2,1-3H3. The molecule has 0 aliphatic carbocycles. The Morgan fingerprint density at radius 2 is 2.00 bits per heavy atom. The fraction of sp³-hybridized carbons (Fsp3) is 0.529. The number of hydrogen-bond donors (Lipinski definition) is 0. The molecule has 1 saturated heterocycles. The van der Waals surface area contributed by atoms with Crippen LogP contribution in [0.3, 0.4) is 0 Å². The van der Waals surface area contributed by atoms with Crippen LogP contribution < -0.4 is 4.90 Å². The summed E-state index contributed by atoms with van der Waals surface area (Å²) in [6.45, 7) is 8.47. The molecule has 122 valence electrons. The van der Waals surface area contributed by atoms with Gasteiger partial charge in [0, 0.05) is 13.1 Å². The molecule has 6 heteroatoms. The second-order valence-electron chi connectivity index (χ2n) is 6.59. The van der Waals surface area contributed by atoms with Gasteiger partial charge >= 0.3 is 0 Å². The molecular formula is C17H23N5O. The van der Waals surface area contributed by atoms with Crippen molar-refractivity contribution >= 4 is 12.1 Å². The maximum absolute atomic E-state index is 11.1. The Hall–Kier alpha value is -2.24. The minimum atomic E-state index is 0.161. The van der Waals surface area contributed by atoms with Gasteiger partial charge in [0.25, 0.3) is 0 Å². The van der Waals surface area contributed by atoms with E-state index >= 15 is 0 Å². The maximum atomic E-state index is 11.1. The zero-order valence-corrected chi connectivity index (χ0v) is 13.9. The van der Waals surface area contributed by atoms with Crippen molar-refractivity contribution < 1.29 is 4.79 Å². The van der Waals surface area contributed by atoms with Crippen LogP contribution in [0.2, 0.25) is 0 Å². The molecule has 23 heavy (non-hydrogen) atoms. The van der Waals surface area contributed by atoms with Crippen molar-refractivity contribution in [2.24, 2.45) is 5.92 Å². The monoisotopic (exact) mass is 313 g/mol. The van der Waals surface area contributed by atoms with Crippen LogP contribution in [0.25, 0.3) is 5.69 Å². The highest BCUT2D eigenvalue weighted by Crippen LogP contribution is 2.24.